The number of hydrogen-bond acceptors (Lipinski definition) is 3. The van der Waals surface area contributed by atoms with E-state index in [4.69, 9.17) is 0 Å². The third kappa shape index (κ3) is 2.30. The number of phenolic OH excluding ortho intramolecular Hbond substituents is 1. The van der Waals surface area contributed by atoms with Crippen molar-refractivity contribution in [1.82, 2.24) is 5.32 Å². The van der Waals surface area contributed by atoms with Crippen LogP contribution in [-0.2, 0) is 0 Å². The van der Waals surface area contributed by atoms with Gasteiger partial charge in [0.2, 0.25) is 0 Å². The van der Waals surface area contributed by atoms with Crippen LogP contribution in [0.15, 0.2) is 24.3 Å². The van der Waals surface area contributed by atoms with E-state index in [0.717, 1.165) is 25.9 Å². The Labute approximate surface area is 89.8 Å². The van der Waals surface area contributed by atoms with Crippen molar-refractivity contribution < 1.29 is 10.2 Å². The molecule has 2 unspecified atom stereocenters. The van der Waals surface area contributed by atoms with Gasteiger partial charge in [-0.25, -0.2) is 0 Å². The van der Waals surface area contributed by atoms with E-state index in [0.29, 0.717) is 5.56 Å². The number of phenols is 1. The maximum atomic E-state index is 10.1. The zero-order chi connectivity index (χ0) is 10.7. The van der Waals surface area contributed by atoms with Gasteiger partial charge in [-0.05, 0) is 25.5 Å². The number of hydrogen-bond donors (Lipinski definition) is 3. The minimum absolute atomic E-state index is 0.190. The maximum Gasteiger partial charge on any atom is 0.121 e. The Kier molecular flexibility index (Phi) is 3.23. The fourth-order valence-electron chi connectivity index (χ4n) is 2.14. The van der Waals surface area contributed by atoms with E-state index in [1.807, 2.05) is 6.07 Å². The van der Waals surface area contributed by atoms with Crippen LogP contribution in [-0.4, -0.2) is 23.3 Å². The molecule has 2 rings (SSSR count). The normalized spacial score (nSPS) is 23.7. The van der Waals surface area contributed by atoms with Gasteiger partial charge in [0.1, 0.15) is 5.75 Å². The zero-order valence-corrected chi connectivity index (χ0v) is 8.69. The van der Waals surface area contributed by atoms with Gasteiger partial charge in [0, 0.05) is 18.0 Å². The molecule has 0 amide bonds. The summed E-state index contributed by atoms with van der Waals surface area (Å²) in [7, 11) is 0. The summed E-state index contributed by atoms with van der Waals surface area (Å²) >= 11 is 0. The van der Waals surface area contributed by atoms with Crippen LogP contribution in [0.3, 0.4) is 0 Å². The van der Waals surface area contributed by atoms with Crippen molar-refractivity contribution in [2.45, 2.75) is 18.9 Å². The highest BCUT2D eigenvalue weighted by Crippen LogP contribution is 2.31. The fraction of sp³-hybridized carbons (Fsp3) is 0.500. The minimum atomic E-state index is -0.556. The van der Waals surface area contributed by atoms with E-state index >= 15 is 0 Å². The molecule has 1 aliphatic heterocycles. The molecule has 0 saturated carbocycles. The first-order chi connectivity index (χ1) is 7.29. The second-order valence-corrected chi connectivity index (χ2v) is 4.11. The second kappa shape index (κ2) is 4.64. The van der Waals surface area contributed by atoms with Crippen LogP contribution < -0.4 is 5.32 Å². The smallest absolute Gasteiger partial charge is 0.121 e. The summed E-state index contributed by atoms with van der Waals surface area (Å²) < 4.78 is 0. The molecule has 3 N–H and O–H groups in total. The number of aromatic hydroxyl groups is 1. The summed E-state index contributed by atoms with van der Waals surface area (Å²) in [5, 5.41) is 23.0. The third-order valence-electron chi connectivity index (χ3n) is 3.04. The van der Waals surface area contributed by atoms with Crippen LogP contribution in [0.1, 0.15) is 24.5 Å². The van der Waals surface area contributed by atoms with E-state index in [9.17, 15) is 10.2 Å². The highest BCUT2D eigenvalue weighted by molar-refractivity contribution is 5.34. The van der Waals surface area contributed by atoms with Crippen molar-refractivity contribution in [2.75, 3.05) is 13.1 Å². The number of para-hydroxylation sites is 1. The zero-order valence-electron chi connectivity index (χ0n) is 8.69. The first kappa shape index (κ1) is 10.5. The molecule has 3 heteroatoms. The predicted molar refractivity (Wildman–Crippen MR) is 58.7 cm³/mol. The van der Waals surface area contributed by atoms with E-state index in [1.165, 1.54) is 0 Å². The molecule has 1 aromatic rings. The van der Waals surface area contributed by atoms with E-state index < -0.39 is 6.10 Å². The van der Waals surface area contributed by atoms with Crippen molar-refractivity contribution in [3.8, 4) is 5.75 Å². The Hall–Kier alpha value is -1.06. The minimum Gasteiger partial charge on any atom is -0.508 e. The van der Waals surface area contributed by atoms with Crippen molar-refractivity contribution >= 4 is 0 Å². The Balaban J connectivity index is 2.12. The molecule has 1 heterocycles. The van der Waals surface area contributed by atoms with Gasteiger partial charge in [0.05, 0.1) is 6.10 Å². The van der Waals surface area contributed by atoms with Gasteiger partial charge in [0.15, 0.2) is 0 Å². The van der Waals surface area contributed by atoms with Crippen molar-refractivity contribution in [3.05, 3.63) is 29.8 Å². The molecule has 1 saturated heterocycles. The average molecular weight is 207 g/mol. The highest BCUT2D eigenvalue weighted by atomic mass is 16.3. The SMILES string of the molecule is Oc1ccccc1C(O)C1CCCNC1. The van der Waals surface area contributed by atoms with Crippen molar-refractivity contribution in [1.29, 1.82) is 0 Å². The molecule has 15 heavy (non-hydrogen) atoms. The van der Waals surface area contributed by atoms with Gasteiger partial charge >= 0.3 is 0 Å². The molecule has 1 aromatic carbocycles. The predicted octanol–water partition coefficient (Wildman–Crippen LogP) is 1.43. The monoisotopic (exact) mass is 207 g/mol. The van der Waals surface area contributed by atoms with Gasteiger partial charge in [-0.15, -0.1) is 0 Å². The lowest BCUT2D eigenvalue weighted by atomic mass is 9.89. The number of rotatable bonds is 2. The third-order valence-corrected chi connectivity index (χ3v) is 3.04. The van der Waals surface area contributed by atoms with E-state index in [1.54, 1.807) is 18.2 Å². The van der Waals surface area contributed by atoms with Crippen LogP contribution in [0.4, 0.5) is 0 Å². The molecule has 0 aromatic heterocycles. The molecule has 0 aliphatic carbocycles. The average Bonchev–Trinajstić information content (AvgIpc) is 2.30. The number of nitrogens with one attached hydrogen (secondary N) is 1. The standard InChI is InChI=1S/C12H17NO2/c14-11-6-2-1-5-10(11)12(15)9-4-3-7-13-8-9/h1-2,5-6,9,12-15H,3-4,7-8H2. The molecule has 1 aliphatic rings. The summed E-state index contributed by atoms with van der Waals surface area (Å²) in [6.45, 7) is 1.86. The molecule has 3 nitrogen and oxygen atoms in total. The summed E-state index contributed by atoms with van der Waals surface area (Å²) in [5.41, 5.74) is 0.645. The van der Waals surface area contributed by atoms with Crippen LogP contribution in [0, 0.1) is 5.92 Å². The molecule has 82 valence electrons. The molecule has 0 bridgehead atoms. The molecule has 0 radical (unpaired) electrons. The molecule has 1 fully saturated rings. The Morgan fingerprint density at radius 1 is 1.33 bits per heavy atom. The molecular weight excluding hydrogens is 190 g/mol. The first-order valence-corrected chi connectivity index (χ1v) is 5.45. The lowest BCUT2D eigenvalue weighted by Crippen LogP contribution is -2.33. The van der Waals surface area contributed by atoms with Crippen LogP contribution in [0.2, 0.25) is 0 Å². The van der Waals surface area contributed by atoms with Crippen molar-refractivity contribution in [3.63, 3.8) is 0 Å². The molecular formula is C12H17NO2. The topological polar surface area (TPSA) is 52.5 Å². The summed E-state index contributed by atoms with van der Waals surface area (Å²) in [4.78, 5) is 0. The number of benzene rings is 1. The number of aliphatic hydroxyl groups is 1. The van der Waals surface area contributed by atoms with E-state index in [2.05, 4.69) is 5.32 Å². The fourth-order valence-corrected chi connectivity index (χ4v) is 2.14. The van der Waals surface area contributed by atoms with Gasteiger partial charge in [-0.3, -0.25) is 0 Å². The lowest BCUT2D eigenvalue weighted by Gasteiger charge is -2.27. The lowest BCUT2D eigenvalue weighted by molar-refractivity contribution is 0.0898. The Bertz CT molecular complexity index is 321. The first-order valence-electron chi connectivity index (χ1n) is 5.45. The largest absolute Gasteiger partial charge is 0.508 e. The summed E-state index contributed by atoms with van der Waals surface area (Å²) in [6.07, 6.45) is 1.55. The Morgan fingerprint density at radius 2 is 2.13 bits per heavy atom. The maximum absolute atomic E-state index is 10.1. The van der Waals surface area contributed by atoms with E-state index in [-0.39, 0.29) is 11.7 Å². The van der Waals surface area contributed by atoms with Crippen molar-refractivity contribution in [2.24, 2.45) is 5.92 Å². The Morgan fingerprint density at radius 3 is 2.80 bits per heavy atom. The summed E-state index contributed by atoms with van der Waals surface area (Å²) in [6, 6.07) is 7.02. The highest BCUT2D eigenvalue weighted by Gasteiger charge is 2.24. The van der Waals surface area contributed by atoms with Gasteiger partial charge in [0.25, 0.3) is 0 Å². The van der Waals surface area contributed by atoms with Gasteiger partial charge < -0.3 is 15.5 Å². The quantitative estimate of drug-likeness (QED) is 0.687. The van der Waals surface area contributed by atoms with Gasteiger partial charge in [-0.2, -0.15) is 0 Å². The molecule has 0 spiro atoms. The van der Waals surface area contributed by atoms with Crippen LogP contribution >= 0.6 is 0 Å². The number of piperidine rings is 1. The van der Waals surface area contributed by atoms with Crippen LogP contribution in [0.25, 0.3) is 0 Å². The van der Waals surface area contributed by atoms with Crippen LogP contribution in [0.5, 0.6) is 5.75 Å². The van der Waals surface area contributed by atoms with Gasteiger partial charge in [-0.1, -0.05) is 18.2 Å². The summed E-state index contributed by atoms with van der Waals surface area (Å²) in [5.74, 6) is 0.405. The molecule has 2 atom stereocenters. The second-order valence-electron chi connectivity index (χ2n) is 4.11. The number of aliphatic hydroxyl groups excluding tert-OH is 1.